The predicted molar refractivity (Wildman–Crippen MR) is 125 cm³/mol. The molecular weight excluding hydrogens is 428 g/mol. The molecule has 1 aliphatic heterocycles. The van der Waals surface area contributed by atoms with Crippen molar-refractivity contribution in [3.63, 3.8) is 0 Å². The summed E-state index contributed by atoms with van der Waals surface area (Å²) in [6.07, 6.45) is 8.56. The monoisotopic (exact) mass is 450 g/mol. The van der Waals surface area contributed by atoms with Gasteiger partial charge in [0.1, 0.15) is 35.6 Å². The summed E-state index contributed by atoms with van der Waals surface area (Å²) in [6.45, 7) is 0.418. The van der Waals surface area contributed by atoms with Crippen molar-refractivity contribution in [2.24, 2.45) is 4.99 Å². The van der Waals surface area contributed by atoms with E-state index >= 15 is 0 Å². The van der Waals surface area contributed by atoms with Gasteiger partial charge in [-0.25, -0.2) is 15.0 Å². The van der Waals surface area contributed by atoms with Crippen LogP contribution >= 0.6 is 11.6 Å². The number of ether oxygens (including phenoxy) is 2. The van der Waals surface area contributed by atoms with Crippen molar-refractivity contribution in [2.75, 3.05) is 20.7 Å². The van der Waals surface area contributed by atoms with Gasteiger partial charge < -0.3 is 18.9 Å². The zero-order valence-corrected chi connectivity index (χ0v) is 18.6. The van der Waals surface area contributed by atoms with E-state index in [4.69, 9.17) is 21.1 Å². The number of aromatic nitrogens is 4. The second-order valence-electron chi connectivity index (χ2n) is 7.92. The van der Waals surface area contributed by atoms with Crippen LogP contribution in [-0.2, 0) is 4.74 Å². The van der Waals surface area contributed by atoms with Gasteiger partial charge in [0.05, 0.1) is 23.3 Å². The summed E-state index contributed by atoms with van der Waals surface area (Å²) in [7, 11) is 3.84. The molecule has 164 valence electrons. The predicted octanol–water partition coefficient (Wildman–Crippen LogP) is 4.61. The fourth-order valence-corrected chi connectivity index (χ4v) is 4.14. The van der Waals surface area contributed by atoms with Crippen molar-refractivity contribution in [3.8, 4) is 5.75 Å². The molecule has 1 saturated heterocycles. The molecule has 1 aromatic carbocycles. The van der Waals surface area contributed by atoms with Crippen molar-refractivity contribution >= 4 is 45.7 Å². The molecule has 9 heteroatoms. The normalized spacial score (nSPS) is 18.7. The Hall–Kier alpha value is -3.23. The molecule has 0 bridgehead atoms. The van der Waals surface area contributed by atoms with Gasteiger partial charge in [0.2, 0.25) is 0 Å². The maximum Gasteiger partial charge on any atom is 0.166 e. The average molecular weight is 451 g/mol. The highest BCUT2D eigenvalue weighted by Crippen LogP contribution is 2.35. The molecule has 0 spiro atoms. The molecule has 1 fully saturated rings. The first-order valence-electron chi connectivity index (χ1n) is 10.4. The summed E-state index contributed by atoms with van der Waals surface area (Å²) in [5.74, 6) is 1.26. The van der Waals surface area contributed by atoms with E-state index in [2.05, 4.69) is 19.9 Å². The molecule has 5 rings (SSSR count). The third kappa shape index (κ3) is 3.99. The first-order chi connectivity index (χ1) is 15.6. The largest absolute Gasteiger partial charge is 0.489 e. The smallest absolute Gasteiger partial charge is 0.166 e. The zero-order chi connectivity index (χ0) is 22.1. The van der Waals surface area contributed by atoms with Crippen LogP contribution in [0.15, 0.2) is 54.0 Å². The van der Waals surface area contributed by atoms with Crippen molar-refractivity contribution in [3.05, 3.63) is 54.1 Å². The molecule has 0 radical (unpaired) electrons. The van der Waals surface area contributed by atoms with Crippen molar-refractivity contribution < 1.29 is 9.47 Å². The molecule has 4 aromatic rings. The molecule has 0 unspecified atom stereocenters. The molecule has 32 heavy (non-hydrogen) atoms. The molecule has 0 N–H and O–H groups in total. The van der Waals surface area contributed by atoms with Crippen LogP contribution in [0.25, 0.3) is 21.9 Å². The topological polar surface area (TPSA) is 77.7 Å². The Bertz CT molecular complexity index is 1290. The van der Waals surface area contributed by atoms with Gasteiger partial charge in [-0.1, -0.05) is 17.7 Å². The average Bonchev–Trinajstić information content (AvgIpc) is 3.44. The molecule has 8 nitrogen and oxygen atoms in total. The van der Waals surface area contributed by atoms with E-state index in [1.807, 2.05) is 60.1 Å². The zero-order valence-electron chi connectivity index (χ0n) is 17.8. The highest BCUT2D eigenvalue weighted by Gasteiger charge is 2.28. The first kappa shape index (κ1) is 20.7. The number of benzene rings is 1. The second-order valence-corrected chi connectivity index (χ2v) is 8.30. The maximum absolute atomic E-state index is 6.50. The van der Waals surface area contributed by atoms with Crippen LogP contribution in [0.4, 0.5) is 5.82 Å². The number of halogens is 1. The van der Waals surface area contributed by atoms with Crippen LogP contribution in [0.3, 0.4) is 0 Å². The Morgan fingerprint density at radius 3 is 3.00 bits per heavy atom. The summed E-state index contributed by atoms with van der Waals surface area (Å²) in [5, 5.41) is 2.40. The standard InChI is InChI=1S/C23H23ClN6O2/c1-29(2)14-28-22-17-9-11-30(23(17)27-13-26-22)19-8-6-16(32-19)12-31-18-7-5-15-4-3-10-25-21(15)20(18)24/h3-5,7,9-11,13-14,16,19H,6,8,12H2,1-2H3/t16-,19+/m0/s1. The molecule has 0 saturated carbocycles. The summed E-state index contributed by atoms with van der Waals surface area (Å²) in [5.41, 5.74) is 1.55. The van der Waals surface area contributed by atoms with Gasteiger partial charge in [-0.3, -0.25) is 4.98 Å². The lowest BCUT2D eigenvalue weighted by molar-refractivity contribution is -0.0155. The Morgan fingerprint density at radius 1 is 1.22 bits per heavy atom. The van der Waals surface area contributed by atoms with Crippen LogP contribution < -0.4 is 4.74 Å². The molecular formula is C23H23ClN6O2. The highest BCUT2D eigenvalue weighted by atomic mass is 35.5. The SMILES string of the molecule is CN(C)C=Nc1ncnc2c1ccn2[C@H]1CC[C@@H](COc2ccc3cccnc3c2Cl)O1. The summed E-state index contributed by atoms with van der Waals surface area (Å²) < 4.78 is 14.3. The van der Waals surface area contributed by atoms with E-state index < -0.39 is 0 Å². The van der Waals surface area contributed by atoms with Crippen molar-refractivity contribution in [1.82, 2.24) is 24.4 Å². The highest BCUT2D eigenvalue weighted by molar-refractivity contribution is 6.36. The van der Waals surface area contributed by atoms with Gasteiger partial charge in [-0.05, 0) is 37.1 Å². The molecule has 0 aliphatic carbocycles. The number of rotatable bonds is 6. The van der Waals surface area contributed by atoms with E-state index in [1.54, 1.807) is 12.5 Å². The summed E-state index contributed by atoms with van der Waals surface area (Å²) in [4.78, 5) is 19.4. The lowest BCUT2D eigenvalue weighted by atomic mass is 10.2. The van der Waals surface area contributed by atoms with Crippen molar-refractivity contribution in [2.45, 2.75) is 25.2 Å². The summed E-state index contributed by atoms with van der Waals surface area (Å²) >= 11 is 6.50. The fourth-order valence-electron chi connectivity index (χ4n) is 3.86. The lowest BCUT2D eigenvalue weighted by Crippen LogP contribution is -2.18. The van der Waals surface area contributed by atoms with Crippen LogP contribution in [0.5, 0.6) is 5.75 Å². The molecule has 1 aliphatic rings. The molecule has 2 atom stereocenters. The van der Waals surface area contributed by atoms with Gasteiger partial charge in [0.25, 0.3) is 0 Å². The minimum atomic E-state index is -0.115. The third-order valence-corrected chi connectivity index (χ3v) is 5.76. The van der Waals surface area contributed by atoms with E-state index in [0.717, 1.165) is 34.8 Å². The van der Waals surface area contributed by atoms with Crippen LogP contribution in [0.2, 0.25) is 5.02 Å². The van der Waals surface area contributed by atoms with Crippen LogP contribution in [-0.4, -0.2) is 57.6 Å². The molecule has 3 aromatic heterocycles. The second kappa shape index (κ2) is 8.72. The van der Waals surface area contributed by atoms with Gasteiger partial charge in [-0.15, -0.1) is 0 Å². The van der Waals surface area contributed by atoms with Gasteiger partial charge in [0.15, 0.2) is 5.82 Å². The first-order valence-corrected chi connectivity index (χ1v) is 10.8. The number of hydrogen-bond acceptors (Lipinski definition) is 6. The molecule has 0 amide bonds. The number of pyridine rings is 1. The minimum Gasteiger partial charge on any atom is -0.489 e. The quantitative estimate of drug-likeness (QED) is 0.315. The van der Waals surface area contributed by atoms with E-state index in [9.17, 15) is 0 Å². The van der Waals surface area contributed by atoms with Gasteiger partial charge in [0, 0.05) is 31.9 Å². The van der Waals surface area contributed by atoms with Crippen molar-refractivity contribution in [1.29, 1.82) is 0 Å². The third-order valence-electron chi connectivity index (χ3n) is 5.40. The Labute approximate surface area is 190 Å². The number of nitrogens with zero attached hydrogens (tertiary/aromatic N) is 6. The van der Waals surface area contributed by atoms with E-state index in [0.29, 0.717) is 23.2 Å². The Morgan fingerprint density at radius 2 is 2.12 bits per heavy atom. The fraction of sp³-hybridized carbons (Fsp3) is 0.304. The van der Waals surface area contributed by atoms with Gasteiger partial charge >= 0.3 is 0 Å². The maximum atomic E-state index is 6.50. The lowest BCUT2D eigenvalue weighted by Gasteiger charge is -2.17. The summed E-state index contributed by atoms with van der Waals surface area (Å²) in [6, 6.07) is 9.69. The van der Waals surface area contributed by atoms with E-state index in [-0.39, 0.29) is 12.3 Å². The van der Waals surface area contributed by atoms with E-state index in [1.165, 1.54) is 6.33 Å². The number of hydrogen-bond donors (Lipinski definition) is 0. The minimum absolute atomic E-state index is 0.0407. The Balaban J connectivity index is 1.29. The molecule has 4 heterocycles. The van der Waals surface area contributed by atoms with Crippen LogP contribution in [0.1, 0.15) is 19.1 Å². The number of aliphatic imine (C=N–C) groups is 1. The van der Waals surface area contributed by atoms with Crippen LogP contribution in [0, 0.1) is 0 Å². The number of fused-ring (bicyclic) bond motifs is 2. The van der Waals surface area contributed by atoms with Gasteiger partial charge in [-0.2, -0.15) is 0 Å². The Kier molecular flexibility index (Phi) is 5.63.